The Morgan fingerprint density at radius 3 is 2.42 bits per heavy atom. The van der Waals surface area contributed by atoms with Gasteiger partial charge < -0.3 is 34.0 Å². The van der Waals surface area contributed by atoms with Gasteiger partial charge in [-0.2, -0.15) is 5.10 Å². The number of carbonyl (C=O) groups excluding carboxylic acids is 3. The van der Waals surface area contributed by atoms with Crippen molar-refractivity contribution in [2.45, 2.75) is 26.0 Å². The minimum absolute atomic E-state index is 0.00500. The van der Waals surface area contributed by atoms with Crippen LogP contribution in [0.25, 0.3) is 22.4 Å². The first-order chi connectivity index (χ1) is 24.8. The summed E-state index contributed by atoms with van der Waals surface area (Å²) in [5.74, 6) is -3.11. The van der Waals surface area contributed by atoms with Crippen LogP contribution in [0, 0.1) is 18.6 Å². The molecule has 2 aliphatic heterocycles. The van der Waals surface area contributed by atoms with Gasteiger partial charge in [-0.15, -0.1) is 0 Å². The average molecular weight is 740 g/mol. The van der Waals surface area contributed by atoms with Crippen LogP contribution in [0.15, 0.2) is 42.7 Å². The topological polar surface area (TPSA) is 135 Å². The normalized spacial score (nSPS) is 19.0. The van der Waals surface area contributed by atoms with Crippen molar-refractivity contribution in [2.24, 2.45) is 7.05 Å². The minimum atomic E-state index is -1.09. The predicted octanol–water partition coefficient (Wildman–Crippen LogP) is 3.58. The maximum atomic E-state index is 15.5. The van der Waals surface area contributed by atoms with Crippen molar-refractivity contribution >= 4 is 35.0 Å². The molecular formula is C36H42ClF2N8O5+. The molecule has 4 heterocycles. The minimum Gasteiger partial charge on any atom is -0.387 e. The van der Waals surface area contributed by atoms with E-state index in [1.165, 1.54) is 42.1 Å². The number of aliphatic hydroxyl groups is 1. The van der Waals surface area contributed by atoms with Crippen LogP contribution in [-0.4, -0.2) is 129 Å². The van der Waals surface area contributed by atoms with Crippen molar-refractivity contribution in [3.05, 3.63) is 76.5 Å². The molecule has 2 saturated heterocycles. The number of aliphatic hydroxyl groups excluding tert-OH is 1. The maximum Gasteiger partial charge on any atom is 0.291 e. The summed E-state index contributed by atoms with van der Waals surface area (Å²) in [6.07, 6.45) is 3.24. The fraction of sp³-hybridized carbons (Fsp3) is 0.417. The molecule has 2 N–H and O–H groups in total. The lowest BCUT2D eigenvalue weighted by atomic mass is 10.0. The molecule has 4 aromatic rings. The molecule has 52 heavy (non-hydrogen) atoms. The Bertz CT molecular complexity index is 2010. The van der Waals surface area contributed by atoms with Crippen LogP contribution in [0.4, 0.5) is 14.5 Å². The lowest BCUT2D eigenvalue weighted by molar-refractivity contribution is -0.891. The fourth-order valence-corrected chi connectivity index (χ4v) is 7.17. The van der Waals surface area contributed by atoms with E-state index >= 15 is 8.78 Å². The Morgan fingerprint density at radius 1 is 1.06 bits per heavy atom. The molecule has 2 atom stereocenters. The molecule has 0 aliphatic carbocycles. The molecule has 1 unspecified atom stereocenters. The van der Waals surface area contributed by atoms with E-state index in [1.807, 2.05) is 7.05 Å². The number of hydrogen-bond donors (Lipinski definition) is 2. The SMILES string of the molecule is COCCn1cc(-c2ccc(-c3cnc(C(=O)Nc4ccc(C(=O)N5CCN(C(=O)C[N+]6(C)CC[C@H](O)C6)CC5)c(Cl)c4)n3C)c(F)c2F)c(C)n1. The summed E-state index contributed by atoms with van der Waals surface area (Å²) in [6, 6.07) is 7.43. The number of amides is 3. The Labute approximate surface area is 304 Å². The summed E-state index contributed by atoms with van der Waals surface area (Å²) >= 11 is 6.52. The predicted molar refractivity (Wildman–Crippen MR) is 190 cm³/mol. The Hall–Kier alpha value is -4.70. The summed E-state index contributed by atoms with van der Waals surface area (Å²) in [5.41, 5.74) is 1.72. The number of imidazole rings is 1. The van der Waals surface area contributed by atoms with E-state index in [0.29, 0.717) is 80.3 Å². The third-order valence-corrected chi connectivity index (χ3v) is 10.2. The zero-order valence-corrected chi connectivity index (χ0v) is 30.3. The number of anilines is 1. The molecule has 16 heteroatoms. The second-order valence-corrected chi connectivity index (χ2v) is 14.1. The van der Waals surface area contributed by atoms with E-state index in [4.69, 9.17) is 16.3 Å². The van der Waals surface area contributed by atoms with Crippen LogP contribution in [0.2, 0.25) is 5.02 Å². The summed E-state index contributed by atoms with van der Waals surface area (Å²) in [4.78, 5) is 47.1. The molecular weight excluding hydrogens is 698 g/mol. The van der Waals surface area contributed by atoms with E-state index in [1.54, 1.807) is 40.8 Å². The molecule has 2 aliphatic rings. The quantitative estimate of drug-likeness (QED) is 0.238. The van der Waals surface area contributed by atoms with Gasteiger partial charge in [-0.25, -0.2) is 13.8 Å². The highest BCUT2D eigenvalue weighted by molar-refractivity contribution is 6.34. The molecule has 0 bridgehead atoms. The number of aryl methyl sites for hydroxylation is 1. The number of likely N-dealkylation sites (N-methyl/N-ethyl adjacent to an activating group) is 1. The van der Waals surface area contributed by atoms with Gasteiger partial charge in [0.1, 0.15) is 12.6 Å². The molecule has 13 nitrogen and oxygen atoms in total. The summed E-state index contributed by atoms with van der Waals surface area (Å²) in [6.45, 7) is 5.71. The van der Waals surface area contributed by atoms with Crippen LogP contribution in [0.3, 0.4) is 0 Å². The monoisotopic (exact) mass is 739 g/mol. The van der Waals surface area contributed by atoms with Crippen molar-refractivity contribution in [1.29, 1.82) is 0 Å². The molecule has 2 aromatic carbocycles. The highest BCUT2D eigenvalue weighted by Crippen LogP contribution is 2.33. The van der Waals surface area contributed by atoms with Gasteiger partial charge in [0.25, 0.3) is 17.7 Å². The number of carbonyl (C=O) groups is 3. The first-order valence-corrected chi connectivity index (χ1v) is 17.4. The number of benzene rings is 2. The fourth-order valence-electron chi connectivity index (χ4n) is 6.91. The molecule has 0 saturated carbocycles. The average Bonchev–Trinajstić information content (AvgIpc) is 3.79. The molecule has 0 radical (unpaired) electrons. The number of quaternary nitrogens is 1. The molecule has 0 spiro atoms. The van der Waals surface area contributed by atoms with E-state index < -0.39 is 17.5 Å². The molecule has 276 valence electrons. The standard InChI is InChI=1S/C36H41ClF2N8O5/c1-22-28(19-46(42-22)14-16-52-4)25-7-8-27(33(39)32(25)38)30-18-40-34(43(30)2)35(50)41-23-5-6-26(29(37)17-23)36(51)45-12-10-44(11-13-45)31(49)21-47(3)15-9-24(48)20-47/h5-8,17-19,24,48H,9-16,20-21H2,1-4H3/p+1/t24-,47?/m0/s1. The number of nitrogens with zero attached hydrogens (tertiary/aromatic N) is 7. The Kier molecular flexibility index (Phi) is 10.8. The summed E-state index contributed by atoms with van der Waals surface area (Å²) < 4.78 is 39.5. The van der Waals surface area contributed by atoms with Gasteiger partial charge in [-0.05, 0) is 31.2 Å². The van der Waals surface area contributed by atoms with Crippen molar-refractivity contribution in [1.82, 2.24) is 29.1 Å². The first-order valence-electron chi connectivity index (χ1n) is 17.0. The number of piperazine rings is 1. The zero-order chi connectivity index (χ0) is 37.3. The van der Waals surface area contributed by atoms with Gasteiger partial charge in [0.05, 0.1) is 54.9 Å². The smallest absolute Gasteiger partial charge is 0.291 e. The number of hydrogen-bond acceptors (Lipinski definition) is 7. The van der Waals surface area contributed by atoms with Crippen LogP contribution < -0.4 is 5.32 Å². The molecule has 2 aromatic heterocycles. The van der Waals surface area contributed by atoms with E-state index in [0.717, 1.165) is 6.54 Å². The van der Waals surface area contributed by atoms with Gasteiger partial charge in [-0.1, -0.05) is 17.7 Å². The van der Waals surface area contributed by atoms with Gasteiger partial charge in [0.2, 0.25) is 0 Å². The van der Waals surface area contributed by atoms with Crippen LogP contribution in [0.5, 0.6) is 0 Å². The largest absolute Gasteiger partial charge is 0.387 e. The number of halogens is 3. The summed E-state index contributed by atoms with van der Waals surface area (Å²) in [7, 11) is 5.06. The van der Waals surface area contributed by atoms with Gasteiger partial charge in [-0.3, -0.25) is 19.1 Å². The van der Waals surface area contributed by atoms with Crippen molar-refractivity contribution in [2.75, 3.05) is 71.9 Å². The van der Waals surface area contributed by atoms with Crippen LogP contribution in [0.1, 0.15) is 33.1 Å². The third kappa shape index (κ3) is 7.58. The lowest BCUT2D eigenvalue weighted by Gasteiger charge is -2.37. The number of nitrogens with one attached hydrogen (secondary N) is 1. The first kappa shape index (κ1) is 37.1. The summed E-state index contributed by atoms with van der Waals surface area (Å²) in [5, 5.41) is 17.1. The zero-order valence-electron chi connectivity index (χ0n) is 29.5. The lowest BCUT2D eigenvalue weighted by Crippen LogP contribution is -2.55. The van der Waals surface area contributed by atoms with Crippen LogP contribution in [-0.2, 0) is 23.1 Å². The third-order valence-electron chi connectivity index (χ3n) is 9.86. The molecule has 2 fully saturated rings. The second-order valence-electron chi connectivity index (χ2n) is 13.6. The number of ether oxygens (including phenoxy) is 1. The van der Waals surface area contributed by atoms with E-state index in [2.05, 4.69) is 15.4 Å². The van der Waals surface area contributed by atoms with Gasteiger partial charge >= 0.3 is 0 Å². The second kappa shape index (κ2) is 15.1. The van der Waals surface area contributed by atoms with E-state index in [-0.39, 0.29) is 51.1 Å². The number of likely N-dealkylation sites (tertiary alicyclic amines) is 1. The Balaban J connectivity index is 1.09. The number of methoxy groups -OCH3 is 1. The van der Waals surface area contributed by atoms with Crippen LogP contribution >= 0.6 is 11.6 Å². The van der Waals surface area contributed by atoms with Crippen molar-refractivity contribution < 1.29 is 37.5 Å². The van der Waals surface area contributed by atoms with Gasteiger partial charge in [0.15, 0.2) is 24.0 Å². The van der Waals surface area contributed by atoms with Gasteiger partial charge in [0, 0.05) is 75.3 Å². The van der Waals surface area contributed by atoms with Crippen molar-refractivity contribution in [3.8, 4) is 22.4 Å². The number of aromatic nitrogens is 4. The maximum absolute atomic E-state index is 15.5. The highest BCUT2D eigenvalue weighted by Gasteiger charge is 2.37. The highest BCUT2D eigenvalue weighted by atomic mass is 35.5. The van der Waals surface area contributed by atoms with Crippen molar-refractivity contribution in [3.63, 3.8) is 0 Å². The Morgan fingerprint density at radius 2 is 1.75 bits per heavy atom. The molecule has 3 amide bonds. The molecule has 6 rings (SSSR count). The number of rotatable bonds is 10. The van der Waals surface area contributed by atoms with E-state index in [9.17, 15) is 19.5 Å².